The van der Waals surface area contributed by atoms with Crippen LogP contribution in [-0.4, -0.2) is 45.8 Å². The summed E-state index contributed by atoms with van der Waals surface area (Å²) in [6.45, 7) is 2.87. The van der Waals surface area contributed by atoms with Crippen LogP contribution >= 0.6 is 0 Å². The van der Waals surface area contributed by atoms with Crippen molar-refractivity contribution in [3.05, 3.63) is 77.7 Å². The van der Waals surface area contributed by atoms with E-state index in [1.165, 1.54) is 0 Å². The highest BCUT2D eigenvalue weighted by Gasteiger charge is 2.47. The lowest BCUT2D eigenvalue weighted by atomic mass is 9.64. The summed E-state index contributed by atoms with van der Waals surface area (Å²) in [5, 5.41) is 16.1. The molecule has 6 nitrogen and oxygen atoms in total. The molecule has 2 aliphatic rings. The summed E-state index contributed by atoms with van der Waals surface area (Å²) in [7, 11) is 0. The van der Waals surface area contributed by atoms with Crippen molar-refractivity contribution in [1.82, 2.24) is 15.3 Å². The van der Waals surface area contributed by atoms with E-state index in [9.17, 15) is 14.3 Å². The third kappa shape index (κ3) is 4.66. The Morgan fingerprint density at radius 1 is 1.09 bits per heavy atom. The number of nitrogens with zero attached hydrogens (tertiary/aromatic N) is 2. The minimum atomic E-state index is -0.796. The van der Waals surface area contributed by atoms with Gasteiger partial charge in [-0.1, -0.05) is 18.2 Å². The Morgan fingerprint density at radius 3 is 2.59 bits per heavy atom. The molecule has 7 heteroatoms. The number of nitrogens with one attached hydrogen (secondary N) is 2. The Labute approximate surface area is 198 Å². The number of aliphatic hydroxyl groups is 1. The van der Waals surface area contributed by atoms with E-state index < -0.39 is 11.8 Å². The lowest BCUT2D eigenvalue weighted by molar-refractivity contribution is 0.0896. The highest BCUT2D eigenvalue weighted by molar-refractivity contribution is 5.95. The number of alkyl halides is 1. The van der Waals surface area contributed by atoms with Crippen LogP contribution in [0.25, 0.3) is 11.1 Å². The average molecular weight is 461 g/mol. The minimum absolute atomic E-state index is 0.199. The quantitative estimate of drug-likeness (QED) is 0.469. The highest BCUT2D eigenvalue weighted by atomic mass is 19.1. The zero-order chi connectivity index (χ0) is 23.8. The zero-order valence-corrected chi connectivity index (χ0v) is 19.2. The highest BCUT2D eigenvalue weighted by Crippen LogP contribution is 2.45. The lowest BCUT2D eigenvalue weighted by Gasteiger charge is -2.44. The molecular formula is C27H29FN4O2. The molecule has 1 aromatic carbocycles. The first-order valence-electron chi connectivity index (χ1n) is 11.7. The first kappa shape index (κ1) is 22.5. The van der Waals surface area contributed by atoms with Crippen LogP contribution in [0, 0.1) is 6.92 Å². The number of amides is 1. The molecule has 0 unspecified atom stereocenters. The molecule has 0 spiro atoms. The summed E-state index contributed by atoms with van der Waals surface area (Å²) < 4.78 is 13.9. The number of benzene rings is 1. The van der Waals surface area contributed by atoms with Gasteiger partial charge < -0.3 is 15.7 Å². The van der Waals surface area contributed by atoms with E-state index in [-0.39, 0.29) is 17.9 Å². The second kappa shape index (κ2) is 8.80. The van der Waals surface area contributed by atoms with E-state index in [0.717, 1.165) is 35.2 Å². The van der Waals surface area contributed by atoms with Crippen LogP contribution in [0.2, 0.25) is 0 Å². The third-order valence-electron chi connectivity index (χ3n) is 6.97. The fourth-order valence-electron chi connectivity index (χ4n) is 4.69. The monoisotopic (exact) mass is 460 g/mol. The SMILES string of the molecule is Cc1cccnc1[C@]1(CNc2ccc(-c3cccc(C(=O)NCC4(O)CC4)c3)cn2)C[C@@H](F)C1. The first-order valence-corrected chi connectivity index (χ1v) is 11.7. The number of carbonyl (C=O) groups is 1. The number of hydrogen-bond donors (Lipinski definition) is 3. The van der Waals surface area contributed by atoms with E-state index in [1.807, 2.05) is 49.4 Å². The Balaban J connectivity index is 1.25. The maximum atomic E-state index is 13.9. The van der Waals surface area contributed by atoms with Crippen molar-refractivity contribution in [2.45, 2.75) is 49.8 Å². The maximum Gasteiger partial charge on any atom is 0.251 e. The molecule has 0 atom stereocenters. The van der Waals surface area contributed by atoms with Crippen LogP contribution < -0.4 is 10.6 Å². The van der Waals surface area contributed by atoms with Crippen molar-refractivity contribution in [3.8, 4) is 11.1 Å². The molecule has 34 heavy (non-hydrogen) atoms. The van der Waals surface area contributed by atoms with Gasteiger partial charge in [-0.3, -0.25) is 9.78 Å². The van der Waals surface area contributed by atoms with E-state index in [2.05, 4.69) is 20.6 Å². The van der Waals surface area contributed by atoms with Gasteiger partial charge in [-0.15, -0.1) is 0 Å². The fraction of sp³-hybridized carbons (Fsp3) is 0.370. The van der Waals surface area contributed by atoms with Gasteiger partial charge in [0.05, 0.1) is 11.3 Å². The lowest BCUT2D eigenvalue weighted by Crippen LogP contribution is -2.48. The predicted octanol–water partition coefficient (Wildman–Crippen LogP) is 4.19. The van der Waals surface area contributed by atoms with Gasteiger partial charge in [0.15, 0.2) is 0 Å². The average Bonchev–Trinajstić information content (AvgIpc) is 3.58. The van der Waals surface area contributed by atoms with E-state index >= 15 is 0 Å². The van der Waals surface area contributed by atoms with Crippen molar-refractivity contribution in [1.29, 1.82) is 0 Å². The Hall–Kier alpha value is -3.32. The zero-order valence-electron chi connectivity index (χ0n) is 19.2. The van der Waals surface area contributed by atoms with Gasteiger partial charge >= 0.3 is 0 Å². The van der Waals surface area contributed by atoms with Crippen LogP contribution in [-0.2, 0) is 5.41 Å². The Morgan fingerprint density at radius 2 is 1.91 bits per heavy atom. The van der Waals surface area contributed by atoms with Gasteiger partial charge in [0.2, 0.25) is 0 Å². The van der Waals surface area contributed by atoms with Crippen LogP contribution in [0.15, 0.2) is 60.9 Å². The van der Waals surface area contributed by atoms with Gasteiger partial charge in [-0.25, -0.2) is 9.37 Å². The molecule has 5 rings (SSSR count). The van der Waals surface area contributed by atoms with Gasteiger partial charge in [-0.05, 0) is 74.1 Å². The van der Waals surface area contributed by atoms with Gasteiger partial charge in [0.25, 0.3) is 5.91 Å². The number of rotatable bonds is 8. The molecule has 0 aliphatic heterocycles. The largest absolute Gasteiger partial charge is 0.388 e. The molecule has 0 bridgehead atoms. The van der Waals surface area contributed by atoms with Crippen LogP contribution in [0.3, 0.4) is 0 Å². The van der Waals surface area contributed by atoms with Crippen LogP contribution in [0.5, 0.6) is 0 Å². The van der Waals surface area contributed by atoms with E-state index in [4.69, 9.17) is 0 Å². The fourth-order valence-corrected chi connectivity index (χ4v) is 4.69. The molecule has 2 fully saturated rings. The second-order valence-corrected chi connectivity index (χ2v) is 9.73. The molecule has 2 saturated carbocycles. The summed E-state index contributed by atoms with van der Waals surface area (Å²) in [4.78, 5) is 21.6. The summed E-state index contributed by atoms with van der Waals surface area (Å²) in [6, 6.07) is 15.1. The normalized spacial score (nSPS) is 22.5. The van der Waals surface area contributed by atoms with Crippen LogP contribution in [0.4, 0.5) is 10.2 Å². The molecule has 176 valence electrons. The number of carbonyl (C=O) groups excluding carboxylic acids is 1. The van der Waals surface area contributed by atoms with Crippen molar-refractivity contribution < 1.29 is 14.3 Å². The predicted molar refractivity (Wildman–Crippen MR) is 129 cm³/mol. The van der Waals surface area contributed by atoms with E-state index in [1.54, 1.807) is 18.5 Å². The summed E-state index contributed by atoms with van der Waals surface area (Å²) in [5.74, 6) is 0.515. The number of halogens is 1. The van der Waals surface area contributed by atoms with Crippen molar-refractivity contribution in [2.75, 3.05) is 18.4 Å². The summed E-state index contributed by atoms with van der Waals surface area (Å²) >= 11 is 0. The maximum absolute atomic E-state index is 13.9. The molecule has 2 aliphatic carbocycles. The second-order valence-electron chi connectivity index (χ2n) is 9.73. The third-order valence-corrected chi connectivity index (χ3v) is 6.97. The smallest absolute Gasteiger partial charge is 0.251 e. The van der Waals surface area contributed by atoms with Gasteiger partial charge in [-0.2, -0.15) is 0 Å². The number of aryl methyl sites for hydroxylation is 1. The van der Waals surface area contributed by atoms with Crippen molar-refractivity contribution in [3.63, 3.8) is 0 Å². The number of aromatic nitrogens is 2. The summed E-state index contributed by atoms with van der Waals surface area (Å²) in [6.07, 6.45) is 5.13. The molecule has 0 saturated heterocycles. The molecular weight excluding hydrogens is 431 g/mol. The molecule has 2 aromatic heterocycles. The first-order chi connectivity index (χ1) is 16.4. The number of pyridine rings is 2. The van der Waals surface area contributed by atoms with E-state index in [0.29, 0.717) is 30.8 Å². The minimum Gasteiger partial charge on any atom is -0.388 e. The Kier molecular flexibility index (Phi) is 5.81. The topological polar surface area (TPSA) is 87.1 Å². The Bertz CT molecular complexity index is 1190. The molecule has 1 amide bonds. The summed E-state index contributed by atoms with van der Waals surface area (Å²) in [5.41, 5.74) is 3.31. The van der Waals surface area contributed by atoms with Crippen LogP contribution in [0.1, 0.15) is 47.3 Å². The number of anilines is 1. The molecule has 0 radical (unpaired) electrons. The van der Waals surface area contributed by atoms with Gasteiger partial charge in [0, 0.05) is 42.0 Å². The molecule has 3 aromatic rings. The molecule has 3 N–H and O–H groups in total. The number of hydrogen-bond acceptors (Lipinski definition) is 5. The molecule has 2 heterocycles. The standard InChI is InChI=1S/C27H29FN4O2/c1-18-4-3-11-29-24(18)26(13-22(28)14-26)16-31-23-8-7-21(15-30-23)19-5-2-6-20(12-19)25(33)32-17-27(34)9-10-27/h2-8,11-12,15,22,34H,9-10,13-14,16-17H2,1H3,(H,30,31)(H,32,33)/t22-,26-. The van der Waals surface area contributed by atoms with Crippen molar-refractivity contribution >= 4 is 11.7 Å². The van der Waals surface area contributed by atoms with Crippen molar-refractivity contribution in [2.24, 2.45) is 0 Å². The van der Waals surface area contributed by atoms with Gasteiger partial charge in [0.1, 0.15) is 12.0 Å².